The van der Waals surface area contributed by atoms with Crippen LogP contribution in [-0.2, 0) is 0 Å². The van der Waals surface area contributed by atoms with Crippen LogP contribution in [0.15, 0.2) is 17.5 Å². The van der Waals surface area contributed by atoms with Gasteiger partial charge in [-0.2, -0.15) is 11.8 Å². The van der Waals surface area contributed by atoms with Crippen LogP contribution in [-0.4, -0.2) is 41.3 Å². The third-order valence-corrected chi connectivity index (χ3v) is 5.60. The van der Waals surface area contributed by atoms with Crippen molar-refractivity contribution in [3.05, 3.63) is 22.4 Å². The molecule has 1 fully saturated rings. The van der Waals surface area contributed by atoms with Crippen LogP contribution >= 0.6 is 23.1 Å². The zero-order valence-electron chi connectivity index (χ0n) is 11.0. The van der Waals surface area contributed by atoms with Crippen molar-refractivity contribution in [2.24, 2.45) is 0 Å². The fourth-order valence-electron chi connectivity index (χ4n) is 1.96. The predicted molar refractivity (Wildman–Crippen MR) is 81.0 cm³/mol. The first-order valence-electron chi connectivity index (χ1n) is 6.44. The summed E-state index contributed by atoms with van der Waals surface area (Å²) in [5.41, 5.74) is -0.721. The molecule has 0 radical (unpaired) electrons. The maximum Gasteiger partial charge on any atom is 0.314 e. The van der Waals surface area contributed by atoms with Gasteiger partial charge in [-0.3, -0.25) is 0 Å². The van der Waals surface area contributed by atoms with Crippen LogP contribution in [0.3, 0.4) is 0 Å². The molecule has 2 amide bonds. The maximum absolute atomic E-state index is 11.7. The Kier molecular flexibility index (Phi) is 5.13. The summed E-state index contributed by atoms with van der Waals surface area (Å²) in [5.74, 6) is 1.99. The number of carbonyl (C=O) groups excluding carboxylic acids is 1. The van der Waals surface area contributed by atoms with E-state index in [0.29, 0.717) is 24.8 Å². The number of aliphatic hydroxyl groups is 1. The van der Waals surface area contributed by atoms with Crippen molar-refractivity contribution in [1.29, 1.82) is 0 Å². The summed E-state index contributed by atoms with van der Waals surface area (Å²) in [4.78, 5) is 12.9. The first-order chi connectivity index (χ1) is 9.09. The van der Waals surface area contributed by atoms with Crippen LogP contribution in [0.5, 0.6) is 0 Å². The molecule has 106 valence electrons. The fourth-order valence-corrected chi connectivity index (χ4v) is 4.04. The number of urea groups is 1. The van der Waals surface area contributed by atoms with Crippen molar-refractivity contribution in [3.63, 3.8) is 0 Å². The van der Waals surface area contributed by atoms with Gasteiger partial charge < -0.3 is 15.7 Å². The summed E-state index contributed by atoms with van der Waals surface area (Å²) in [6.45, 7) is 3.03. The van der Waals surface area contributed by atoms with Gasteiger partial charge in [0.1, 0.15) is 0 Å². The minimum Gasteiger partial charge on any atom is -0.387 e. The summed E-state index contributed by atoms with van der Waals surface area (Å²) in [6, 6.07) is 3.89. The van der Waals surface area contributed by atoms with Gasteiger partial charge in [-0.05, 0) is 23.6 Å². The van der Waals surface area contributed by atoms with E-state index in [2.05, 4.69) is 23.6 Å². The van der Waals surface area contributed by atoms with E-state index in [1.54, 1.807) is 23.1 Å². The van der Waals surface area contributed by atoms with Gasteiger partial charge in [-0.1, -0.05) is 13.0 Å². The standard InChI is InChI=1S/C13H20N2O2S2/c1-10(11-3-2-5-19-11)7-14-12(16)15-8-13(17)4-6-18-9-13/h2-3,5,10,17H,4,6-9H2,1H3,(H2,14,15,16)/t10-,13-/m0/s1. The van der Waals surface area contributed by atoms with E-state index in [1.165, 1.54) is 4.88 Å². The number of rotatable bonds is 5. The molecule has 1 aliphatic rings. The van der Waals surface area contributed by atoms with Gasteiger partial charge in [0, 0.05) is 29.6 Å². The monoisotopic (exact) mass is 300 g/mol. The van der Waals surface area contributed by atoms with Gasteiger partial charge >= 0.3 is 6.03 Å². The number of thioether (sulfide) groups is 1. The van der Waals surface area contributed by atoms with Crippen LogP contribution in [0.1, 0.15) is 24.1 Å². The molecule has 0 bridgehead atoms. The molecule has 19 heavy (non-hydrogen) atoms. The highest BCUT2D eigenvalue weighted by atomic mass is 32.2. The van der Waals surface area contributed by atoms with Crippen LogP contribution < -0.4 is 10.6 Å². The molecule has 2 heterocycles. The second-order valence-electron chi connectivity index (χ2n) is 5.01. The smallest absolute Gasteiger partial charge is 0.314 e. The molecule has 1 aliphatic heterocycles. The topological polar surface area (TPSA) is 61.4 Å². The average molecular weight is 300 g/mol. The molecule has 2 atom stereocenters. The second kappa shape index (κ2) is 6.63. The number of thiophene rings is 1. The molecule has 1 aromatic rings. The highest BCUT2D eigenvalue weighted by Crippen LogP contribution is 2.26. The van der Waals surface area contributed by atoms with Crippen molar-refractivity contribution >= 4 is 29.1 Å². The molecule has 6 heteroatoms. The summed E-state index contributed by atoms with van der Waals surface area (Å²) in [6.07, 6.45) is 0.754. The first-order valence-corrected chi connectivity index (χ1v) is 8.48. The van der Waals surface area contributed by atoms with E-state index < -0.39 is 5.60 Å². The maximum atomic E-state index is 11.7. The van der Waals surface area contributed by atoms with Gasteiger partial charge in [-0.15, -0.1) is 11.3 Å². The van der Waals surface area contributed by atoms with E-state index in [1.807, 2.05) is 11.4 Å². The van der Waals surface area contributed by atoms with E-state index >= 15 is 0 Å². The lowest BCUT2D eigenvalue weighted by Crippen LogP contribution is -2.47. The lowest BCUT2D eigenvalue weighted by Gasteiger charge is -2.22. The molecular weight excluding hydrogens is 280 g/mol. The third kappa shape index (κ3) is 4.40. The minimum absolute atomic E-state index is 0.200. The number of amides is 2. The van der Waals surface area contributed by atoms with E-state index in [0.717, 1.165) is 12.2 Å². The molecule has 1 aromatic heterocycles. The molecule has 0 unspecified atom stereocenters. The van der Waals surface area contributed by atoms with Crippen molar-refractivity contribution in [2.45, 2.75) is 24.9 Å². The molecule has 3 N–H and O–H groups in total. The highest BCUT2D eigenvalue weighted by Gasteiger charge is 2.31. The molecule has 4 nitrogen and oxygen atoms in total. The zero-order valence-corrected chi connectivity index (χ0v) is 12.6. The van der Waals surface area contributed by atoms with Gasteiger partial charge in [-0.25, -0.2) is 4.79 Å². The Balaban J connectivity index is 1.67. The van der Waals surface area contributed by atoms with Crippen LogP contribution in [0.2, 0.25) is 0 Å². The Morgan fingerprint density at radius 1 is 1.58 bits per heavy atom. The number of nitrogens with one attached hydrogen (secondary N) is 2. The summed E-state index contributed by atoms with van der Waals surface area (Å²) in [5, 5.41) is 17.8. The number of carbonyl (C=O) groups is 1. The van der Waals surface area contributed by atoms with Crippen molar-refractivity contribution in [2.75, 3.05) is 24.6 Å². The quantitative estimate of drug-likeness (QED) is 0.779. The van der Waals surface area contributed by atoms with Crippen molar-refractivity contribution in [3.8, 4) is 0 Å². The number of hydrogen-bond donors (Lipinski definition) is 3. The van der Waals surface area contributed by atoms with E-state index in [-0.39, 0.29) is 6.03 Å². The Hall–Kier alpha value is -0.720. The highest BCUT2D eigenvalue weighted by molar-refractivity contribution is 7.99. The summed E-state index contributed by atoms with van der Waals surface area (Å²) >= 11 is 3.43. The molecule has 0 aliphatic carbocycles. The molecule has 1 saturated heterocycles. The largest absolute Gasteiger partial charge is 0.387 e. The van der Waals surface area contributed by atoms with Crippen molar-refractivity contribution in [1.82, 2.24) is 10.6 Å². The second-order valence-corrected chi connectivity index (χ2v) is 7.09. The average Bonchev–Trinajstić information content (AvgIpc) is 3.05. The Morgan fingerprint density at radius 3 is 3.05 bits per heavy atom. The SMILES string of the molecule is C[C@@H](CNC(=O)NC[C@@]1(O)CCSC1)c1cccs1. The number of hydrogen-bond acceptors (Lipinski definition) is 4. The lowest BCUT2D eigenvalue weighted by molar-refractivity contribution is 0.0700. The normalized spacial score (nSPS) is 24.1. The first kappa shape index (κ1) is 14.7. The molecule has 0 aromatic carbocycles. The van der Waals surface area contributed by atoms with Crippen LogP contribution in [0.25, 0.3) is 0 Å². The summed E-state index contributed by atoms with van der Waals surface area (Å²) < 4.78 is 0. The summed E-state index contributed by atoms with van der Waals surface area (Å²) in [7, 11) is 0. The Labute approximate surface area is 122 Å². The minimum atomic E-state index is -0.721. The van der Waals surface area contributed by atoms with Crippen LogP contribution in [0.4, 0.5) is 4.79 Å². The molecule has 0 spiro atoms. The third-order valence-electron chi connectivity index (χ3n) is 3.26. The molecular formula is C13H20N2O2S2. The molecule has 2 rings (SSSR count). The van der Waals surface area contributed by atoms with Crippen molar-refractivity contribution < 1.29 is 9.90 Å². The van der Waals surface area contributed by atoms with E-state index in [4.69, 9.17) is 0 Å². The fraction of sp³-hybridized carbons (Fsp3) is 0.615. The Morgan fingerprint density at radius 2 is 2.42 bits per heavy atom. The van der Waals surface area contributed by atoms with Gasteiger partial charge in [0.15, 0.2) is 0 Å². The van der Waals surface area contributed by atoms with Crippen LogP contribution in [0, 0.1) is 0 Å². The van der Waals surface area contributed by atoms with E-state index in [9.17, 15) is 9.90 Å². The lowest BCUT2D eigenvalue weighted by atomic mass is 10.0. The molecule has 0 saturated carbocycles. The van der Waals surface area contributed by atoms with Gasteiger partial charge in [0.25, 0.3) is 0 Å². The predicted octanol–water partition coefficient (Wildman–Crippen LogP) is 2.02. The van der Waals surface area contributed by atoms with Gasteiger partial charge in [0.2, 0.25) is 0 Å². The zero-order chi connectivity index (χ0) is 13.7. The Bertz CT molecular complexity index is 403. The van der Waals surface area contributed by atoms with Gasteiger partial charge in [0.05, 0.1) is 5.60 Å².